The molecule has 0 bridgehead atoms. The first-order chi connectivity index (χ1) is 18.3. The lowest BCUT2D eigenvalue weighted by atomic mass is 10.1. The summed E-state index contributed by atoms with van der Waals surface area (Å²) < 4.78 is 13.9. The largest absolute Gasteiger partial charge is 0.370 e. The second-order valence-corrected chi connectivity index (χ2v) is 9.90. The summed E-state index contributed by atoms with van der Waals surface area (Å²) in [7, 11) is 0. The molecule has 2 atom stereocenters. The van der Waals surface area contributed by atoms with Crippen LogP contribution in [0.5, 0.6) is 0 Å². The van der Waals surface area contributed by atoms with E-state index in [2.05, 4.69) is 15.6 Å². The van der Waals surface area contributed by atoms with Crippen LogP contribution >= 0.6 is 11.6 Å². The molecule has 1 aliphatic heterocycles. The minimum absolute atomic E-state index is 0.00374. The lowest BCUT2D eigenvalue weighted by molar-refractivity contribution is -0.133. The summed E-state index contributed by atoms with van der Waals surface area (Å²) in [5, 5.41) is 8.76. The van der Waals surface area contributed by atoms with Crippen LogP contribution < -0.4 is 22.1 Å². The zero-order valence-corrected chi connectivity index (χ0v) is 21.8. The molecule has 1 saturated heterocycles. The molecule has 2 amide bonds. The van der Waals surface area contributed by atoms with Crippen molar-refractivity contribution in [2.45, 2.75) is 37.9 Å². The summed E-state index contributed by atoms with van der Waals surface area (Å²) in [6.07, 6.45) is 1.71. The molecule has 6 N–H and O–H groups in total. The highest BCUT2D eigenvalue weighted by atomic mass is 35.5. The maximum Gasteiger partial charge on any atom is 0.251 e. The van der Waals surface area contributed by atoms with Crippen molar-refractivity contribution < 1.29 is 14.0 Å². The van der Waals surface area contributed by atoms with E-state index in [4.69, 9.17) is 23.1 Å². The first-order valence-electron chi connectivity index (χ1n) is 12.6. The number of benzene rings is 3. The van der Waals surface area contributed by atoms with Crippen LogP contribution in [0.15, 0.2) is 65.7 Å². The molecule has 0 spiro atoms. The van der Waals surface area contributed by atoms with E-state index < -0.39 is 11.9 Å². The van der Waals surface area contributed by atoms with Gasteiger partial charge < -0.3 is 27.0 Å². The van der Waals surface area contributed by atoms with Gasteiger partial charge in [-0.1, -0.05) is 41.9 Å². The van der Waals surface area contributed by atoms with Crippen molar-refractivity contribution in [3.05, 3.63) is 82.6 Å². The van der Waals surface area contributed by atoms with Gasteiger partial charge in [-0.05, 0) is 65.9 Å². The van der Waals surface area contributed by atoms with E-state index in [-0.39, 0.29) is 35.4 Å². The summed E-state index contributed by atoms with van der Waals surface area (Å²) in [6.45, 7) is 1.43. The number of aliphatic imine (C=N–C) groups is 1. The van der Waals surface area contributed by atoms with Crippen LogP contribution in [0.4, 0.5) is 4.39 Å². The first kappa shape index (κ1) is 27.3. The number of guanidine groups is 1. The summed E-state index contributed by atoms with van der Waals surface area (Å²) in [5.74, 6) is -0.720. The van der Waals surface area contributed by atoms with Gasteiger partial charge in [0, 0.05) is 42.8 Å². The van der Waals surface area contributed by atoms with Crippen molar-refractivity contribution in [3.8, 4) is 0 Å². The number of nitrogens with zero attached hydrogens (tertiary/aromatic N) is 2. The monoisotopic (exact) mass is 538 g/mol. The predicted octanol–water partition coefficient (Wildman–Crippen LogP) is 3.18. The van der Waals surface area contributed by atoms with Crippen LogP contribution in [0.3, 0.4) is 0 Å². The Hall–Kier alpha value is -3.69. The van der Waals surface area contributed by atoms with Crippen molar-refractivity contribution in [1.29, 1.82) is 0 Å². The Balaban J connectivity index is 1.44. The second kappa shape index (κ2) is 12.7. The lowest BCUT2D eigenvalue weighted by Crippen LogP contribution is -2.48. The van der Waals surface area contributed by atoms with Crippen LogP contribution in [-0.2, 0) is 11.3 Å². The highest BCUT2D eigenvalue weighted by Crippen LogP contribution is 2.19. The number of rotatable bonds is 9. The summed E-state index contributed by atoms with van der Waals surface area (Å²) in [6, 6.07) is 17.1. The van der Waals surface area contributed by atoms with Crippen LogP contribution in [0.2, 0.25) is 5.02 Å². The second-order valence-electron chi connectivity index (χ2n) is 9.46. The molecule has 1 fully saturated rings. The maximum absolute atomic E-state index is 13.9. The first-order valence-corrected chi connectivity index (χ1v) is 13.0. The molecule has 10 heteroatoms. The van der Waals surface area contributed by atoms with E-state index in [0.717, 1.165) is 10.8 Å². The van der Waals surface area contributed by atoms with Gasteiger partial charge in [0.05, 0.1) is 6.04 Å². The van der Waals surface area contributed by atoms with Gasteiger partial charge >= 0.3 is 0 Å². The van der Waals surface area contributed by atoms with Gasteiger partial charge in [-0.3, -0.25) is 14.6 Å². The number of hydrogen-bond acceptors (Lipinski definition) is 4. The Labute approximate surface area is 226 Å². The molecule has 3 aromatic carbocycles. The van der Waals surface area contributed by atoms with Crippen molar-refractivity contribution >= 4 is 40.1 Å². The number of nitrogens with two attached hydrogens (primary N) is 2. The summed E-state index contributed by atoms with van der Waals surface area (Å²) in [4.78, 5) is 32.1. The fourth-order valence-corrected chi connectivity index (χ4v) is 4.93. The normalized spacial score (nSPS) is 17.7. The Morgan fingerprint density at radius 3 is 2.68 bits per heavy atom. The zero-order chi connectivity index (χ0) is 27.1. The topological polar surface area (TPSA) is 126 Å². The van der Waals surface area contributed by atoms with Crippen LogP contribution in [0.25, 0.3) is 10.8 Å². The molecular formula is C28H32ClFN6O2. The number of halogens is 2. The molecule has 8 nitrogen and oxygen atoms in total. The average Bonchev–Trinajstić information content (AvgIpc) is 3.03. The third-order valence-corrected chi connectivity index (χ3v) is 6.77. The molecule has 3 aromatic rings. The minimum Gasteiger partial charge on any atom is -0.370 e. The van der Waals surface area contributed by atoms with Gasteiger partial charge in [0.25, 0.3) is 5.91 Å². The van der Waals surface area contributed by atoms with E-state index in [0.29, 0.717) is 50.0 Å². The molecule has 200 valence electrons. The number of carbonyl (C=O) groups is 2. The molecule has 38 heavy (non-hydrogen) atoms. The predicted molar refractivity (Wildman–Crippen MR) is 148 cm³/mol. The van der Waals surface area contributed by atoms with Crippen molar-refractivity contribution in [3.63, 3.8) is 0 Å². The van der Waals surface area contributed by atoms with E-state index in [1.807, 2.05) is 36.4 Å². The SMILES string of the molecule is NC(N)=NCCC[C@H]1N[C@@H](CNC(=O)c2ccc3ccccc3c2)CCN(Cc2cc(F)cc(Cl)c2)C1=O. The van der Waals surface area contributed by atoms with Gasteiger partial charge in [0.15, 0.2) is 5.96 Å². The number of fused-ring (bicyclic) bond motifs is 1. The summed E-state index contributed by atoms with van der Waals surface area (Å²) in [5.41, 5.74) is 12.0. The van der Waals surface area contributed by atoms with Crippen molar-refractivity contribution in [2.24, 2.45) is 16.5 Å². The van der Waals surface area contributed by atoms with Gasteiger partial charge in [-0.2, -0.15) is 0 Å². The van der Waals surface area contributed by atoms with Crippen LogP contribution in [0, 0.1) is 5.82 Å². The van der Waals surface area contributed by atoms with Crippen molar-refractivity contribution in [2.75, 3.05) is 19.6 Å². The molecule has 0 aliphatic carbocycles. The molecule has 0 aromatic heterocycles. The minimum atomic E-state index is -0.502. The van der Waals surface area contributed by atoms with E-state index in [1.165, 1.54) is 12.1 Å². The quantitative estimate of drug-likeness (QED) is 0.189. The third-order valence-electron chi connectivity index (χ3n) is 6.56. The highest BCUT2D eigenvalue weighted by molar-refractivity contribution is 6.30. The standard InChI is InChI=1S/C28H32ClFN6O2/c29-22-12-18(13-23(30)15-22)17-36-11-9-24(35-25(27(36)38)6-3-10-33-28(31)32)16-34-26(37)21-8-7-19-4-1-2-5-20(19)14-21/h1-2,4-5,7-8,12-15,24-25,35H,3,6,9-11,16-17H2,(H,34,37)(H4,31,32,33)/t24-,25-/m1/s1. The molecule has 4 rings (SSSR count). The van der Waals surface area contributed by atoms with E-state index >= 15 is 0 Å². The van der Waals surface area contributed by atoms with Gasteiger partial charge in [0.2, 0.25) is 5.91 Å². The average molecular weight is 539 g/mol. The Kier molecular flexibility index (Phi) is 9.15. The number of amides is 2. The van der Waals surface area contributed by atoms with Gasteiger partial charge in [-0.25, -0.2) is 4.39 Å². The Morgan fingerprint density at radius 2 is 1.92 bits per heavy atom. The van der Waals surface area contributed by atoms with Gasteiger partial charge in [-0.15, -0.1) is 0 Å². The number of carbonyl (C=O) groups excluding carboxylic acids is 2. The fraction of sp³-hybridized carbons (Fsp3) is 0.321. The van der Waals surface area contributed by atoms with E-state index in [9.17, 15) is 14.0 Å². The fourth-order valence-electron chi connectivity index (χ4n) is 4.68. The lowest BCUT2D eigenvalue weighted by Gasteiger charge is -2.25. The maximum atomic E-state index is 13.9. The molecular weight excluding hydrogens is 507 g/mol. The van der Waals surface area contributed by atoms with Crippen LogP contribution in [-0.4, -0.2) is 54.4 Å². The molecule has 0 unspecified atom stereocenters. The summed E-state index contributed by atoms with van der Waals surface area (Å²) >= 11 is 6.02. The molecule has 0 saturated carbocycles. The van der Waals surface area contributed by atoms with E-state index in [1.54, 1.807) is 17.0 Å². The molecule has 1 heterocycles. The molecule has 0 radical (unpaired) electrons. The highest BCUT2D eigenvalue weighted by Gasteiger charge is 2.31. The third kappa shape index (κ3) is 7.43. The number of nitrogens with one attached hydrogen (secondary N) is 2. The Morgan fingerprint density at radius 1 is 1.13 bits per heavy atom. The molecule has 1 aliphatic rings. The zero-order valence-electron chi connectivity index (χ0n) is 21.0. The number of hydrogen-bond donors (Lipinski definition) is 4. The van der Waals surface area contributed by atoms with Crippen LogP contribution in [0.1, 0.15) is 35.2 Å². The smallest absolute Gasteiger partial charge is 0.251 e. The van der Waals surface area contributed by atoms with Gasteiger partial charge in [0.1, 0.15) is 5.82 Å². The Bertz CT molecular complexity index is 1310. The van der Waals surface area contributed by atoms with Crippen molar-refractivity contribution in [1.82, 2.24) is 15.5 Å².